The normalized spacial score (nSPS) is 12.1. The minimum Gasteiger partial charge on any atom is -0.310 e. The molecular weight excluding hydrogens is 897 g/mol. The Morgan fingerprint density at radius 2 is 0.527 bits per heavy atom. The van der Waals surface area contributed by atoms with Crippen molar-refractivity contribution in [2.75, 3.05) is 0 Å². The van der Waals surface area contributed by atoms with Gasteiger partial charge in [-0.15, -0.1) is 0 Å². The zero-order valence-corrected chi connectivity index (χ0v) is 40.2. The molecule has 0 radical (unpaired) electrons. The highest BCUT2D eigenvalue weighted by Gasteiger charge is 2.18. The van der Waals surface area contributed by atoms with Crippen LogP contribution in [0.15, 0.2) is 267 Å². The molecule has 0 unspecified atom stereocenters. The van der Waals surface area contributed by atoms with Crippen LogP contribution < -0.4 is 0 Å². The largest absolute Gasteiger partial charge is 0.310 e. The lowest BCUT2D eigenvalue weighted by Gasteiger charge is -2.16. The minimum atomic E-state index is 1.08. The summed E-state index contributed by atoms with van der Waals surface area (Å²) in [5.41, 5.74) is 13.6. The van der Waals surface area contributed by atoms with Crippen molar-refractivity contribution in [3.05, 3.63) is 267 Å². The molecule has 3 aromatic heterocycles. The van der Waals surface area contributed by atoms with Crippen LogP contribution in [0, 0.1) is 0 Å². The number of rotatable bonds is 4. The van der Waals surface area contributed by atoms with Gasteiger partial charge < -0.3 is 18.3 Å². The summed E-state index contributed by atoms with van der Waals surface area (Å²) in [6.45, 7) is 0. The summed E-state index contributed by atoms with van der Waals surface area (Å²) < 4.78 is 9.82. The van der Waals surface area contributed by atoms with Gasteiger partial charge >= 0.3 is 0 Å². The second-order valence-corrected chi connectivity index (χ2v) is 19.8. The Morgan fingerprint density at radius 3 is 1.01 bits per heavy atom. The van der Waals surface area contributed by atoms with Crippen molar-refractivity contribution >= 4 is 120 Å². The highest BCUT2D eigenvalue weighted by molar-refractivity contribution is 6.14. The van der Waals surface area contributed by atoms with Gasteiger partial charge in [0.1, 0.15) is 0 Å². The molecule has 8 bridgehead atoms. The average Bonchev–Trinajstić information content (AvgIpc) is 4.00. The molecule has 4 heteroatoms. The first-order chi connectivity index (χ1) is 36.7. The minimum absolute atomic E-state index is 1.08. The SMILES string of the molecule is c1ccc2c(-n3c4ccccc4c4ccc(-n5c6cccc(c6)c6cccc(c6)n(-c6ccc7c8ccccc8n(-c8cccc9ccccc89)c7c6)c6ccc7ccc8ccc5cc8c7c6)cc43)cccc2c1. The summed E-state index contributed by atoms with van der Waals surface area (Å²) in [5.74, 6) is 0. The Morgan fingerprint density at radius 1 is 0.176 bits per heavy atom. The average molecular weight is 941 g/mol. The zero-order chi connectivity index (χ0) is 48.4. The lowest BCUT2D eigenvalue weighted by molar-refractivity contribution is 1.15. The van der Waals surface area contributed by atoms with E-state index in [1.165, 1.54) is 87.0 Å². The molecule has 0 saturated heterocycles. The first-order valence-electron chi connectivity index (χ1n) is 25.5. The number of nitrogens with zero attached hydrogens (tertiary/aromatic N) is 4. The van der Waals surface area contributed by atoms with Crippen LogP contribution >= 0.6 is 0 Å². The molecule has 3 heterocycles. The standard InChI is InChI=1S/C70H44N4/c1-3-21-57-45(13-1)15-11-27-65(57)73-67-25-7-5-23-59(67)61-37-35-55(43-69(61)73)71-51-19-9-17-49(39-51)50-18-10-20-52(40-50)72(54-34-32-48-30-29-47-31-33-53(71)41-63(47)64(48)42-54)56-36-38-62-60-24-6-8-26-68(60)74(70(62)44-56)66-28-12-16-46-14-2-4-22-58(46)66/h1-44H. The maximum Gasteiger partial charge on any atom is 0.0562 e. The molecular formula is C70H44N4. The summed E-state index contributed by atoms with van der Waals surface area (Å²) in [4.78, 5) is 0. The van der Waals surface area contributed by atoms with Crippen molar-refractivity contribution < 1.29 is 0 Å². The molecule has 0 aliphatic carbocycles. The molecule has 0 N–H and O–H groups in total. The number of para-hydroxylation sites is 2. The molecule has 0 atom stereocenters. The Bertz CT molecular complexity index is 4770. The van der Waals surface area contributed by atoms with Crippen LogP contribution in [0.2, 0.25) is 0 Å². The van der Waals surface area contributed by atoms with Gasteiger partial charge in [-0.3, -0.25) is 0 Å². The number of benzene rings is 13. The molecule has 13 aromatic carbocycles. The highest BCUT2D eigenvalue weighted by Crippen LogP contribution is 2.40. The fourth-order valence-corrected chi connectivity index (χ4v) is 12.4. The Kier molecular flexibility index (Phi) is 8.71. The van der Waals surface area contributed by atoms with E-state index in [0.29, 0.717) is 0 Å². The van der Waals surface area contributed by atoms with Gasteiger partial charge in [0.05, 0.1) is 33.4 Å². The van der Waals surface area contributed by atoms with E-state index in [1.807, 2.05) is 0 Å². The van der Waals surface area contributed by atoms with Gasteiger partial charge in [0.2, 0.25) is 0 Å². The molecule has 0 amide bonds. The molecule has 0 saturated carbocycles. The summed E-state index contributed by atoms with van der Waals surface area (Å²) in [5, 5.41) is 16.9. The number of fused-ring (bicyclic) bond motifs is 15. The van der Waals surface area contributed by atoms with E-state index in [-0.39, 0.29) is 0 Å². The van der Waals surface area contributed by atoms with Crippen LogP contribution in [0.3, 0.4) is 0 Å². The van der Waals surface area contributed by atoms with Crippen LogP contribution in [0.25, 0.3) is 142 Å². The quantitative estimate of drug-likeness (QED) is 0.157. The maximum atomic E-state index is 2.46. The van der Waals surface area contributed by atoms with Crippen LogP contribution in [0.4, 0.5) is 0 Å². The molecule has 0 aliphatic heterocycles. The number of hydrogen-bond acceptors (Lipinski definition) is 0. The van der Waals surface area contributed by atoms with E-state index in [9.17, 15) is 0 Å². The molecule has 344 valence electrons. The van der Waals surface area contributed by atoms with Gasteiger partial charge in [0, 0.05) is 65.8 Å². The molecule has 74 heavy (non-hydrogen) atoms. The van der Waals surface area contributed by atoms with Gasteiger partial charge in [-0.1, -0.05) is 170 Å². The fraction of sp³-hybridized carbons (Fsp3) is 0. The lowest BCUT2D eigenvalue weighted by atomic mass is 10.0. The molecule has 0 spiro atoms. The van der Waals surface area contributed by atoms with E-state index in [0.717, 1.165) is 55.2 Å². The third kappa shape index (κ3) is 6.09. The topological polar surface area (TPSA) is 19.7 Å². The lowest BCUT2D eigenvalue weighted by Crippen LogP contribution is -2.00. The maximum absolute atomic E-state index is 2.46. The molecule has 16 rings (SSSR count). The second kappa shape index (κ2) is 15.8. The Hall–Kier alpha value is -9.90. The second-order valence-electron chi connectivity index (χ2n) is 19.8. The Balaban J connectivity index is 0.993. The van der Waals surface area contributed by atoms with E-state index in [1.54, 1.807) is 0 Å². The van der Waals surface area contributed by atoms with E-state index >= 15 is 0 Å². The summed E-state index contributed by atoms with van der Waals surface area (Å²) in [6.07, 6.45) is 0. The van der Waals surface area contributed by atoms with E-state index < -0.39 is 0 Å². The third-order valence-electron chi connectivity index (χ3n) is 15.7. The van der Waals surface area contributed by atoms with Gasteiger partial charge in [0.15, 0.2) is 0 Å². The van der Waals surface area contributed by atoms with Crippen LogP contribution in [-0.4, -0.2) is 18.3 Å². The van der Waals surface area contributed by atoms with Crippen molar-refractivity contribution in [1.82, 2.24) is 18.3 Å². The molecule has 0 aliphatic rings. The van der Waals surface area contributed by atoms with Crippen LogP contribution in [0.5, 0.6) is 0 Å². The number of hydrogen-bond donors (Lipinski definition) is 0. The fourth-order valence-electron chi connectivity index (χ4n) is 12.4. The van der Waals surface area contributed by atoms with Crippen molar-refractivity contribution in [3.63, 3.8) is 0 Å². The molecule has 0 fully saturated rings. The monoisotopic (exact) mass is 940 g/mol. The number of aromatic nitrogens is 4. The third-order valence-corrected chi connectivity index (χ3v) is 15.7. The van der Waals surface area contributed by atoms with Crippen molar-refractivity contribution in [3.8, 4) is 22.7 Å². The molecule has 16 aromatic rings. The predicted octanol–water partition coefficient (Wildman–Crippen LogP) is 18.7. The molecule has 4 nitrogen and oxygen atoms in total. The first-order valence-corrected chi connectivity index (χ1v) is 25.5. The van der Waals surface area contributed by atoms with Crippen molar-refractivity contribution in [2.24, 2.45) is 0 Å². The first kappa shape index (κ1) is 40.8. The predicted molar refractivity (Wildman–Crippen MR) is 314 cm³/mol. The van der Waals surface area contributed by atoms with Gasteiger partial charge in [0.25, 0.3) is 0 Å². The zero-order valence-electron chi connectivity index (χ0n) is 40.2. The van der Waals surface area contributed by atoms with Crippen molar-refractivity contribution in [1.29, 1.82) is 0 Å². The van der Waals surface area contributed by atoms with E-state index in [2.05, 4.69) is 285 Å². The highest BCUT2D eigenvalue weighted by atomic mass is 15.0. The Labute approximate surface area is 425 Å². The summed E-state index contributed by atoms with van der Waals surface area (Å²) in [7, 11) is 0. The summed E-state index contributed by atoms with van der Waals surface area (Å²) in [6, 6.07) is 99.1. The van der Waals surface area contributed by atoms with Gasteiger partial charge in [-0.25, -0.2) is 0 Å². The van der Waals surface area contributed by atoms with Crippen LogP contribution in [-0.2, 0) is 0 Å². The smallest absolute Gasteiger partial charge is 0.0562 e. The van der Waals surface area contributed by atoms with Gasteiger partial charge in [-0.2, -0.15) is 0 Å². The summed E-state index contributed by atoms with van der Waals surface area (Å²) >= 11 is 0. The van der Waals surface area contributed by atoms with Gasteiger partial charge in [-0.05, 0) is 140 Å². The van der Waals surface area contributed by atoms with Crippen molar-refractivity contribution in [2.45, 2.75) is 0 Å². The van der Waals surface area contributed by atoms with Crippen LogP contribution in [0.1, 0.15) is 0 Å². The van der Waals surface area contributed by atoms with E-state index in [4.69, 9.17) is 0 Å².